The Kier molecular flexibility index (Phi) is 3.22. The van der Waals surface area contributed by atoms with Crippen molar-refractivity contribution >= 4 is 8.17 Å². The van der Waals surface area contributed by atoms with E-state index < -0.39 is 8.17 Å². The number of hydrogen-bond donors (Lipinski definition) is 3. The molecule has 1 aromatic carbocycles. The van der Waals surface area contributed by atoms with E-state index in [4.69, 9.17) is 14.7 Å². The molecule has 0 saturated heterocycles. The third-order valence-electron chi connectivity index (χ3n) is 1.59. The van der Waals surface area contributed by atoms with E-state index in [0.29, 0.717) is 0 Å². The zero-order valence-corrected chi connectivity index (χ0v) is 8.27. The fraction of sp³-hybridized carbons (Fsp3) is 0.250. The van der Waals surface area contributed by atoms with Crippen molar-refractivity contribution in [1.82, 2.24) is 0 Å². The average Bonchev–Trinajstić information content (AvgIpc) is 2.03. The van der Waals surface area contributed by atoms with Crippen LogP contribution in [0.5, 0.6) is 5.75 Å². The van der Waals surface area contributed by atoms with Gasteiger partial charge in [-0.25, -0.2) is 0 Å². The molecule has 0 atom stereocenters. The average molecular weight is 204 g/mol. The summed E-state index contributed by atoms with van der Waals surface area (Å²) in [5, 5.41) is 0. The van der Waals surface area contributed by atoms with Gasteiger partial charge < -0.3 is 0 Å². The van der Waals surface area contributed by atoms with Gasteiger partial charge in [-0.05, 0) is 0 Å². The van der Waals surface area contributed by atoms with Gasteiger partial charge in [0.15, 0.2) is 0 Å². The van der Waals surface area contributed by atoms with E-state index in [2.05, 4.69) is 4.52 Å². The Morgan fingerprint density at radius 1 is 1.15 bits per heavy atom. The van der Waals surface area contributed by atoms with Gasteiger partial charge in [0, 0.05) is 0 Å². The van der Waals surface area contributed by atoms with Crippen LogP contribution in [0.4, 0.5) is 0 Å². The first-order valence-corrected chi connectivity index (χ1v) is 5.71. The third kappa shape index (κ3) is 3.70. The molecule has 0 spiro atoms. The Labute approximate surface area is 77.1 Å². The third-order valence-corrected chi connectivity index (χ3v) is 2.10. The van der Waals surface area contributed by atoms with Crippen molar-refractivity contribution in [2.75, 3.05) is 0 Å². The predicted molar refractivity (Wildman–Crippen MR) is 51.4 cm³/mol. The Hall–Kier alpha value is -0.670. The van der Waals surface area contributed by atoms with Gasteiger partial charge in [0.25, 0.3) is 0 Å². The molecule has 0 radical (unpaired) electrons. The summed E-state index contributed by atoms with van der Waals surface area (Å²) < 4.78 is 4.51. The Morgan fingerprint density at radius 3 is 2.08 bits per heavy atom. The first-order valence-electron chi connectivity index (χ1n) is 3.96. The van der Waals surface area contributed by atoms with Gasteiger partial charge >= 0.3 is 76.3 Å². The van der Waals surface area contributed by atoms with Crippen molar-refractivity contribution < 1.29 is 19.2 Å². The summed E-state index contributed by atoms with van der Waals surface area (Å²) in [4.78, 5) is 25.9. The topological polar surface area (TPSA) is 69.9 Å². The van der Waals surface area contributed by atoms with Gasteiger partial charge in [-0.1, -0.05) is 0 Å². The molecule has 0 heterocycles. The Morgan fingerprint density at radius 2 is 1.69 bits per heavy atom. The van der Waals surface area contributed by atoms with Gasteiger partial charge in [-0.2, -0.15) is 0 Å². The van der Waals surface area contributed by atoms with Gasteiger partial charge in [0.1, 0.15) is 0 Å². The molecule has 0 aliphatic rings. The van der Waals surface area contributed by atoms with Crippen molar-refractivity contribution in [2.45, 2.75) is 13.3 Å². The van der Waals surface area contributed by atoms with E-state index in [1.54, 1.807) is 24.3 Å². The van der Waals surface area contributed by atoms with E-state index in [9.17, 15) is 0 Å². The summed E-state index contributed by atoms with van der Waals surface area (Å²) in [6.07, 6.45) is 0.903. The molecule has 0 aliphatic heterocycles. The van der Waals surface area contributed by atoms with Crippen molar-refractivity contribution in [1.29, 1.82) is 0 Å². The molecular weight excluding hydrogens is 191 g/mol. The molecule has 0 amide bonds. The molecule has 4 nitrogen and oxygen atoms in total. The Balaban J connectivity index is 2.70. The van der Waals surface area contributed by atoms with Crippen LogP contribution in [-0.4, -0.2) is 14.7 Å². The maximum absolute atomic E-state index is 8.63. The molecule has 1 rings (SSSR count). The number of aryl methyl sites for hydroxylation is 1. The van der Waals surface area contributed by atoms with Crippen LogP contribution in [-0.2, 0) is 6.42 Å². The summed E-state index contributed by atoms with van der Waals surface area (Å²) >= 11 is 0. The van der Waals surface area contributed by atoms with Crippen molar-refractivity contribution in [2.24, 2.45) is 0 Å². The van der Waals surface area contributed by atoms with Crippen molar-refractivity contribution in [3.05, 3.63) is 29.8 Å². The number of rotatable bonds is 3. The zero-order chi connectivity index (χ0) is 9.90. The Bertz CT molecular complexity index is 264. The SMILES string of the molecule is CCc1ccc(O[PH](O)(O)O)cc1. The van der Waals surface area contributed by atoms with Gasteiger partial charge in [0.05, 0.1) is 0 Å². The van der Waals surface area contributed by atoms with E-state index in [1.165, 1.54) is 0 Å². The molecule has 13 heavy (non-hydrogen) atoms. The van der Waals surface area contributed by atoms with Crippen LogP contribution in [0.3, 0.4) is 0 Å². The van der Waals surface area contributed by atoms with E-state index in [1.807, 2.05) is 6.92 Å². The van der Waals surface area contributed by atoms with Crippen molar-refractivity contribution in [3.63, 3.8) is 0 Å². The van der Waals surface area contributed by atoms with Crippen LogP contribution in [0.2, 0.25) is 0 Å². The molecule has 1 aromatic rings. The number of hydrogen-bond acceptors (Lipinski definition) is 4. The standard InChI is InChI=1S/C8H13O4P/c1-2-7-3-5-8(6-4-7)12-13(9,10)11/h3-6,9-11,13H,2H2,1H3. The molecule has 0 saturated carbocycles. The second kappa shape index (κ2) is 4.03. The zero-order valence-electron chi connectivity index (χ0n) is 7.27. The summed E-state index contributed by atoms with van der Waals surface area (Å²) in [6.45, 7) is 2.01. The molecule has 0 aliphatic carbocycles. The maximum atomic E-state index is 8.63. The normalized spacial score (nSPS) is 12.6. The van der Waals surface area contributed by atoms with Crippen LogP contribution in [0, 0.1) is 0 Å². The molecule has 0 fully saturated rings. The van der Waals surface area contributed by atoms with Gasteiger partial charge in [0.2, 0.25) is 0 Å². The van der Waals surface area contributed by atoms with E-state index in [-0.39, 0.29) is 5.75 Å². The van der Waals surface area contributed by atoms with Crippen LogP contribution < -0.4 is 4.52 Å². The molecule has 3 N–H and O–H groups in total. The first kappa shape index (κ1) is 10.4. The monoisotopic (exact) mass is 204 g/mol. The quantitative estimate of drug-likeness (QED) is 0.643. The van der Waals surface area contributed by atoms with E-state index >= 15 is 0 Å². The molecule has 74 valence electrons. The fourth-order valence-electron chi connectivity index (χ4n) is 0.951. The summed E-state index contributed by atoms with van der Waals surface area (Å²) in [6, 6.07) is 6.78. The molecule has 5 heteroatoms. The van der Waals surface area contributed by atoms with Crippen LogP contribution in [0.15, 0.2) is 24.3 Å². The molecular formula is C8H13O4P. The minimum absolute atomic E-state index is 0.261. The van der Waals surface area contributed by atoms with Crippen LogP contribution >= 0.6 is 8.17 Å². The first-order chi connectivity index (χ1) is 6.01. The van der Waals surface area contributed by atoms with Crippen LogP contribution in [0.25, 0.3) is 0 Å². The fourth-order valence-corrected chi connectivity index (χ4v) is 1.40. The summed E-state index contributed by atoms with van der Waals surface area (Å²) in [7, 11) is -4.43. The van der Waals surface area contributed by atoms with Gasteiger partial charge in [-0.3, -0.25) is 0 Å². The van der Waals surface area contributed by atoms with Gasteiger partial charge in [-0.15, -0.1) is 0 Å². The van der Waals surface area contributed by atoms with Crippen LogP contribution in [0.1, 0.15) is 12.5 Å². The minimum atomic E-state index is -4.43. The van der Waals surface area contributed by atoms with Crippen molar-refractivity contribution in [3.8, 4) is 5.75 Å². The predicted octanol–water partition coefficient (Wildman–Crippen LogP) is 1.01. The number of benzene rings is 1. The molecule has 0 aromatic heterocycles. The summed E-state index contributed by atoms with van der Waals surface area (Å²) in [5.74, 6) is 0.261. The second-order valence-electron chi connectivity index (χ2n) is 2.67. The molecule has 0 bridgehead atoms. The van der Waals surface area contributed by atoms with E-state index in [0.717, 1.165) is 12.0 Å². The second-order valence-corrected chi connectivity index (χ2v) is 4.03. The molecule has 0 unspecified atom stereocenters. The summed E-state index contributed by atoms with van der Waals surface area (Å²) in [5.41, 5.74) is 1.12.